The Morgan fingerprint density at radius 2 is 2.13 bits per heavy atom. The Balaban J connectivity index is 2.10. The van der Waals surface area contributed by atoms with Gasteiger partial charge in [0.05, 0.1) is 21.6 Å². The zero-order valence-electron chi connectivity index (χ0n) is 12.1. The van der Waals surface area contributed by atoms with Gasteiger partial charge in [0.25, 0.3) is 5.91 Å². The van der Waals surface area contributed by atoms with E-state index >= 15 is 0 Å². The minimum atomic E-state index is -0.404. The number of para-hydroxylation sites is 1. The van der Waals surface area contributed by atoms with Gasteiger partial charge in [-0.05, 0) is 23.9 Å². The van der Waals surface area contributed by atoms with Crippen LogP contribution < -0.4 is 10.6 Å². The van der Waals surface area contributed by atoms with E-state index in [0.29, 0.717) is 34.1 Å². The van der Waals surface area contributed by atoms with Crippen LogP contribution in [0, 0.1) is 0 Å². The molecule has 9 heteroatoms. The van der Waals surface area contributed by atoms with Gasteiger partial charge in [-0.3, -0.25) is 9.59 Å². The van der Waals surface area contributed by atoms with Crippen molar-refractivity contribution in [2.24, 2.45) is 4.99 Å². The van der Waals surface area contributed by atoms with Crippen LogP contribution in [0.1, 0.15) is 0 Å². The Morgan fingerprint density at radius 3 is 2.78 bits per heavy atom. The van der Waals surface area contributed by atoms with E-state index < -0.39 is 5.91 Å². The summed E-state index contributed by atoms with van der Waals surface area (Å²) < 4.78 is 4.83. The van der Waals surface area contributed by atoms with Crippen molar-refractivity contribution < 1.29 is 14.3 Å². The van der Waals surface area contributed by atoms with Crippen LogP contribution in [-0.2, 0) is 14.3 Å². The lowest BCUT2D eigenvalue weighted by molar-refractivity contribution is -0.118. The number of rotatable bonds is 5. The average molecular weight is 374 g/mol. The Bertz CT molecular complexity index is 672. The highest BCUT2D eigenvalue weighted by Crippen LogP contribution is 2.35. The maximum Gasteiger partial charge on any atom is 0.264 e. The second-order valence-electron chi connectivity index (χ2n) is 4.34. The first-order valence-corrected chi connectivity index (χ1v) is 8.09. The van der Waals surface area contributed by atoms with Crippen molar-refractivity contribution in [2.45, 2.75) is 0 Å². The van der Waals surface area contributed by atoms with E-state index in [9.17, 15) is 9.59 Å². The van der Waals surface area contributed by atoms with Gasteiger partial charge in [0, 0.05) is 19.7 Å². The molecule has 122 valence electrons. The standard InChI is InChI=1S/C14H13Cl2N3O3S/c1-22-6-5-17-11(20)7-10-13(21)19-14(23-10)18-12-8(15)3-2-4-9(12)16/h2-4,7H,5-6H2,1H3,(H,17,20)(H,18,19,21). The Hall–Kier alpha value is -1.54. The number of amides is 2. The Kier molecular flexibility index (Phi) is 6.47. The maximum atomic E-state index is 11.9. The van der Waals surface area contributed by atoms with E-state index in [1.54, 1.807) is 18.2 Å². The number of nitrogens with one attached hydrogen (secondary N) is 2. The zero-order valence-corrected chi connectivity index (χ0v) is 14.4. The molecular weight excluding hydrogens is 361 g/mol. The van der Waals surface area contributed by atoms with E-state index in [2.05, 4.69) is 15.6 Å². The summed E-state index contributed by atoms with van der Waals surface area (Å²) in [5.74, 6) is -0.782. The van der Waals surface area contributed by atoms with E-state index in [1.807, 2.05) is 0 Å². The molecule has 0 spiro atoms. The first-order chi connectivity index (χ1) is 11.0. The number of carbonyl (C=O) groups is 2. The van der Waals surface area contributed by atoms with Gasteiger partial charge in [-0.15, -0.1) is 0 Å². The lowest BCUT2D eigenvalue weighted by Gasteiger charge is -2.01. The highest BCUT2D eigenvalue weighted by atomic mass is 35.5. The molecule has 0 saturated carbocycles. The number of thioether (sulfide) groups is 1. The van der Waals surface area contributed by atoms with Gasteiger partial charge in [0.2, 0.25) is 5.91 Å². The predicted octanol–water partition coefficient (Wildman–Crippen LogP) is 2.49. The van der Waals surface area contributed by atoms with Crippen molar-refractivity contribution >= 4 is 57.6 Å². The first kappa shape index (κ1) is 17.8. The molecule has 0 aromatic heterocycles. The topological polar surface area (TPSA) is 79.8 Å². The van der Waals surface area contributed by atoms with Gasteiger partial charge in [-0.1, -0.05) is 29.3 Å². The molecule has 1 aromatic carbocycles. The Morgan fingerprint density at radius 1 is 1.43 bits per heavy atom. The number of ether oxygens (including phenoxy) is 1. The molecule has 1 aliphatic rings. The molecule has 1 heterocycles. The summed E-state index contributed by atoms with van der Waals surface area (Å²) in [6.45, 7) is 0.757. The molecule has 0 unspecified atom stereocenters. The molecule has 0 aliphatic carbocycles. The molecule has 0 atom stereocenters. The summed E-state index contributed by atoms with van der Waals surface area (Å²) in [7, 11) is 1.54. The number of halogens is 2. The number of hydrogen-bond donors (Lipinski definition) is 2. The fourth-order valence-electron chi connectivity index (χ4n) is 1.62. The van der Waals surface area contributed by atoms with Crippen molar-refractivity contribution in [1.29, 1.82) is 0 Å². The second kappa shape index (κ2) is 8.35. The van der Waals surface area contributed by atoms with Crippen LogP contribution in [-0.4, -0.2) is 37.2 Å². The molecule has 0 bridgehead atoms. The van der Waals surface area contributed by atoms with Gasteiger partial charge in [-0.2, -0.15) is 0 Å². The number of carbonyl (C=O) groups excluding carboxylic acids is 2. The van der Waals surface area contributed by atoms with E-state index in [1.165, 1.54) is 13.2 Å². The largest absolute Gasteiger partial charge is 0.383 e. The summed E-state index contributed by atoms with van der Waals surface area (Å²) in [5, 5.41) is 6.21. The van der Waals surface area contributed by atoms with Crippen LogP contribution in [0.2, 0.25) is 10.0 Å². The number of amidine groups is 1. The number of hydrogen-bond acceptors (Lipinski definition) is 5. The maximum absolute atomic E-state index is 11.9. The fraction of sp³-hybridized carbons (Fsp3) is 0.214. The molecule has 1 saturated heterocycles. The van der Waals surface area contributed by atoms with Crippen LogP contribution in [0.3, 0.4) is 0 Å². The monoisotopic (exact) mass is 373 g/mol. The number of nitrogens with zero attached hydrogens (tertiary/aromatic N) is 1. The second-order valence-corrected chi connectivity index (χ2v) is 6.18. The minimum absolute atomic E-state index is 0.238. The average Bonchev–Trinajstić information content (AvgIpc) is 2.83. The minimum Gasteiger partial charge on any atom is -0.383 e. The number of methoxy groups -OCH3 is 1. The predicted molar refractivity (Wildman–Crippen MR) is 92.3 cm³/mol. The molecule has 1 aromatic rings. The zero-order chi connectivity index (χ0) is 16.8. The molecule has 6 nitrogen and oxygen atoms in total. The van der Waals surface area contributed by atoms with Gasteiger partial charge < -0.3 is 15.4 Å². The summed E-state index contributed by atoms with van der Waals surface area (Å²) >= 11 is 13.1. The van der Waals surface area contributed by atoms with Crippen molar-refractivity contribution in [3.8, 4) is 0 Å². The SMILES string of the molecule is COCCNC(=O)C=C1SC(=Nc2c(Cl)cccc2Cl)NC1=O. The Labute approximate surface area is 147 Å². The van der Waals surface area contributed by atoms with Crippen LogP contribution >= 0.6 is 35.0 Å². The van der Waals surface area contributed by atoms with Crippen molar-refractivity contribution in [2.75, 3.05) is 20.3 Å². The summed E-state index contributed by atoms with van der Waals surface area (Å²) in [6, 6.07) is 4.99. The molecule has 0 radical (unpaired) electrons. The fourth-order valence-corrected chi connectivity index (χ4v) is 2.90. The molecular formula is C14H13Cl2N3O3S. The highest BCUT2D eigenvalue weighted by Gasteiger charge is 2.25. The number of aliphatic imine (C=N–C) groups is 1. The number of benzene rings is 1. The lowest BCUT2D eigenvalue weighted by Crippen LogP contribution is -2.26. The molecule has 1 aliphatic heterocycles. The van der Waals surface area contributed by atoms with Gasteiger partial charge >= 0.3 is 0 Å². The van der Waals surface area contributed by atoms with Crippen molar-refractivity contribution in [3.05, 3.63) is 39.2 Å². The van der Waals surface area contributed by atoms with Gasteiger partial charge in [0.1, 0.15) is 5.69 Å². The van der Waals surface area contributed by atoms with Crippen molar-refractivity contribution in [3.63, 3.8) is 0 Å². The third-order valence-electron chi connectivity index (χ3n) is 2.67. The van der Waals surface area contributed by atoms with Crippen LogP contribution in [0.25, 0.3) is 0 Å². The van der Waals surface area contributed by atoms with Crippen LogP contribution in [0.4, 0.5) is 5.69 Å². The summed E-state index contributed by atoms with van der Waals surface area (Å²) in [5.41, 5.74) is 0.365. The highest BCUT2D eigenvalue weighted by molar-refractivity contribution is 8.18. The van der Waals surface area contributed by atoms with E-state index in [-0.39, 0.29) is 10.8 Å². The smallest absolute Gasteiger partial charge is 0.264 e. The molecule has 2 amide bonds. The lowest BCUT2D eigenvalue weighted by atomic mass is 10.3. The normalized spacial score (nSPS) is 17.6. The van der Waals surface area contributed by atoms with E-state index in [0.717, 1.165) is 11.8 Å². The van der Waals surface area contributed by atoms with Gasteiger partial charge in [0.15, 0.2) is 5.17 Å². The van der Waals surface area contributed by atoms with Crippen LogP contribution in [0.5, 0.6) is 0 Å². The van der Waals surface area contributed by atoms with Crippen LogP contribution in [0.15, 0.2) is 34.2 Å². The molecule has 23 heavy (non-hydrogen) atoms. The summed E-state index contributed by atoms with van der Waals surface area (Å²) in [6.07, 6.45) is 1.21. The first-order valence-electron chi connectivity index (χ1n) is 6.51. The molecule has 1 fully saturated rings. The van der Waals surface area contributed by atoms with E-state index in [4.69, 9.17) is 27.9 Å². The quantitative estimate of drug-likeness (QED) is 0.613. The molecule has 2 N–H and O–H groups in total. The molecule has 2 rings (SSSR count). The third-order valence-corrected chi connectivity index (χ3v) is 4.19. The summed E-state index contributed by atoms with van der Waals surface area (Å²) in [4.78, 5) is 28.0. The third kappa shape index (κ3) is 4.97. The van der Waals surface area contributed by atoms with Crippen molar-refractivity contribution in [1.82, 2.24) is 10.6 Å². The van der Waals surface area contributed by atoms with Gasteiger partial charge in [-0.25, -0.2) is 4.99 Å².